The molecule has 1 atom stereocenters. The molecule has 0 aromatic heterocycles. The van der Waals surface area contributed by atoms with Crippen LogP contribution < -0.4 is 15.5 Å². The van der Waals surface area contributed by atoms with Crippen LogP contribution in [0.4, 0.5) is 15.8 Å². The Balaban J connectivity index is 1.19. The summed E-state index contributed by atoms with van der Waals surface area (Å²) in [4.78, 5) is 44.6. The molecule has 3 aromatic rings. The third-order valence-corrected chi connectivity index (χ3v) is 7.02. The van der Waals surface area contributed by atoms with E-state index >= 15 is 0 Å². The summed E-state index contributed by atoms with van der Waals surface area (Å²) in [6, 6.07) is 19.0. The highest BCUT2D eigenvalue weighted by Crippen LogP contribution is 2.24. The van der Waals surface area contributed by atoms with Crippen LogP contribution in [0.15, 0.2) is 66.7 Å². The zero-order chi connectivity index (χ0) is 25.8. The number of carbonyl (C=O) groups is 3. The third-order valence-electron chi connectivity index (χ3n) is 7.02. The first-order chi connectivity index (χ1) is 18.0. The van der Waals surface area contributed by atoms with Crippen LogP contribution in [0.5, 0.6) is 0 Å². The molecule has 8 nitrogen and oxygen atoms in total. The SMILES string of the molecule is O=C(C[C@@H]1C(=O)NCCN1C(=O)CN1CCN(c2ccc(F)cc2)CC1)Nc1cccc2ccccc12. The number of nitrogens with zero attached hydrogens (tertiary/aromatic N) is 3. The van der Waals surface area contributed by atoms with Crippen molar-refractivity contribution in [3.8, 4) is 0 Å². The molecule has 2 fully saturated rings. The number of benzene rings is 3. The van der Waals surface area contributed by atoms with E-state index in [1.807, 2.05) is 42.5 Å². The second-order valence-electron chi connectivity index (χ2n) is 9.41. The molecule has 192 valence electrons. The number of halogens is 1. The Labute approximate surface area is 215 Å². The summed E-state index contributed by atoms with van der Waals surface area (Å²) in [5.41, 5.74) is 1.63. The summed E-state index contributed by atoms with van der Waals surface area (Å²) in [7, 11) is 0. The van der Waals surface area contributed by atoms with E-state index in [2.05, 4.69) is 20.4 Å². The summed E-state index contributed by atoms with van der Waals surface area (Å²) in [5, 5.41) is 7.63. The van der Waals surface area contributed by atoms with Gasteiger partial charge in [0.15, 0.2) is 0 Å². The van der Waals surface area contributed by atoms with Gasteiger partial charge >= 0.3 is 0 Å². The average molecular weight is 504 g/mol. The number of hydrogen-bond donors (Lipinski definition) is 2. The number of fused-ring (bicyclic) bond motifs is 1. The molecular formula is C28H30FN5O3. The molecule has 2 heterocycles. The minimum absolute atomic E-state index is 0.112. The van der Waals surface area contributed by atoms with Gasteiger partial charge in [0.2, 0.25) is 17.7 Å². The Bertz CT molecular complexity index is 1290. The lowest BCUT2D eigenvalue weighted by molar-refractivity contribution is -0.145. The first-order valence-corrected chi connectivity index (χ1v) is 12.6. The van der Waals surface area contributed by atoms with Crippen molar-refractivity contribution >= 4 is 39.9 Å². The Kier molecular flexibility index (Phi) is 7.32. The van der Waals surface area contributed by atoms with Crippen LogP contribution in [0.25, 0.3) is 10.8 Å². The predicted molar refractivity (Wildman–Crippen MR) is 141 cm³/mol. The maximum absolute atomic E-state index is 13.2. The number of rotatable bonds is 6. The van der Waals surface area contributed by atoms with Crippen molar-refractivity contribution in [3.63, 3.8) is 0 Å². The highest BCUT2D eigenvalue weighted by atomic mass is 19.1. The number of carbonyl (C=O) groups excluding carboxylic acids is 3. The van der Waals surface area contributed by atoms with Crippen LogP contribution in [0.1, 0.15) is 6.42 Å². The smallest absolute Gasteiger partial charge is 0.243 e. The minimum atomic E-state index is -0.850. The molecule has 0 saturated carbocycles. The van der Waals surface area contributed by atoms with Crippen LogP contribution in [-0.2, 0) is 14.4 Å². The number of nitrogens with one attached hydrogen (secondary N) is 2. The van der Waals surface area contributed by atoms with Crippen molar-refractivity contribution in [2.24, 2.45) is 0 Å². The monoisotopic (exact) mass is 503 g/mol. The second-order valence-corrected chi connectivity index (χ2v) is 9.41. The zero-order valence-electron chi connectivity index (χ0n) is 20.5. The van der Waals surface area contributed by atoms with Gasteiger partial charge in [-0.15, -0.1) is 0 Å². The van der Waals surface area contributed by atoms with Crippen molar-refractivity contribution in [1.29, 1.82) is 0 Å². The van der Waals surface area contributed by atoms with Crippen LogP contribution in [0, 0.1) is 5.82 Å². The minimum Gasteiger partial charge on any atom is -0.369 e. The van der Waals surface area contributed by atoms with E-state index in [4.69, 9.17) is 0 Å². The molecule has 5 rings (SSSR count). The molecular weight excluding hydrogens is 473 g/mol. The van der Waals surface area contributed by atoms with Crippen molar-refractivity contribution in [2.45, 2.75) is 12.5 Å². The summed E-state index contributed by atoms with van der Waals surface area (Å²) in [5.74, 6) is -1.05. The van der Waals surface area contributed by atoms with Crippen molar-refractivity contribution in [2.75, 3.05) is 56.0 Å². The summed E-state index contributed by atoms with van der Waals surface area (Å²) in [6.07, 6.45) is -0.112. The first-order valence-electron chi connectivity index (χ1n) is 12.6. The van der Waals surface area contributed by atoms with Crippen molar-refractivity contribution in [1.82, 2.24) is 15.1 Å². The Morgan fingerprint density at radius 2 is 1.65 bits per heavy atom. The maximum atomic E-state index is 13.2. The quantitative estimate of drug-likeness (QED) is 0.540. The average Bonchev–Trinajstić information content (AvgIpc) is 2.91. The van der Waals surface area contributed by atoms with Gasteiger partial charge in [-0.05, 0) is 35.7 Å². The van der Waals surface area contributed by atoms with E-state index in [9.17, 15) is 18.8 Å². The fourth-order valence-electron chi connectivity index (χ4n) is 5.03. The van der Waals surface area contributed by atoms with Gasteiger partial charge in [0.25, 0.3) is 0 Å². The second kappa shape index (κ2) is 11.0. The van der Waals surface area contributed by atoms with E-state index in [-0.39, 0.29) is 36.5 Å². The summed E-state index contributed by atoms with van der Waals surface area (Å²) >= 11 is 0. The Morgan fingerprint density at radius 3 is 2.43 bits per heavy atom. The first kappa shape index (κ1) is 24.7. The number of anilines is 2. The molecule has 2 N–H and O–H groups in total. The van der Waals surface area contributed by atoms with Gasteiger partial charge < -0.3 is 20.4 Å². The van der Waals surface area contributed by atoms with Gasteiger partial charge in [0.1, 0.15) is 11.9 Å². The molecule has 0 unspecified atom stereocenters. The van der Waals surface area contributed by atoms with Gasteiger partial charge in [-0.25, -0.2) is 4.39 Å². The van der Waals surface area contributed by atoms with E-state index in [1.54, 1.807) is 12.1 Å². The van der Waals surface area contributed by atoms with Crippen LogP contribution in [0.3, 0.4) is 0 Å². The largest absolute Gasteiger partial charge is 0.369 e. The lowest BCUT2D eigenvalue weighted by Gasteiger charge is -2.39. The lowest BCUT2D eigenvalue weighted by atomic mass is 10.1. The number of piperazine rings is 2. The van der Waals surface area contributed by atoms with E-state index < -0.39 is 6.04 Å². The zero-order valence-corrected chi connectivity index (χ0v) is 20.5. The Morgan fingerprint density at radius 1 is 0.919 bits per heavy atom. The van der Waals surface area contributed by atoms with E-state index in [0.717, 1.165) is 29.5 Å². The van der Waals surface area contributed by atoms with Gasteiger partial charge in [-0.1, -0.05) is 36.4 Å². The van der Waals surface area contributed by atoms with Gasteiger partial charge in [-0.2, -0.15) is 0 Å². The molecule has 0 bridgehead atoms. The molecule has 0 aliphatic carbocycles. The van der Waals surface area contributed by atoms with Crippen LogP contribution in [0.2, 0.25) is 0 Å². The molecule has 3 amide bonds. The molecule has 2 saturated heterocycles. The van der Waals surface area contributed by atoms with Gasteiger partial charge in [-0.3, -0.25) is 19.3 Å². The highest BCUT2D eigenvalue weighted by Gasteiger charge is 2.35. The summed E-state index contributed by atoms with van der Waals surface area (Å²) < 4.78 is 13.2. The molecule has 3 aromatic carbocycles. The third kappa shape index (κ3) is 5.72. The van der Waals surface area contributed by atoms with E-state index in [1.165, 1.54) is 17.0 Å². The molecule has 37 heavy (non-hydrogen) atoms. The standard InChI is InChI=1S/C28H30FN5O3/c29-21-8-10-22(11-9-21)33-16-14-32(15-17-33)19-27(36)34-13-12-30-28(37)25(34)18-26(35)31-24-7-3-5-20-4-1-2-6-23(20)24/h1-11,25H,12-19H2,(H,30,37)(H,31,35)/t25-/m1/s1. The molecule has 0 spiro atoms. The van der Waals surface area contributed by atoms with Gasteiger partial charge in [0, 0.05) is 56.0 Å². The fourth-order valence-corrected chi connectivity index (χ4v) is 5.03. The lowest BCUT2D eigenvalue weighted by Crippen LogP contribution is -2.60. The number of amides is 3. The van der Waals surface area contributed by atoms with E-state index in [0.29, 0.717) is 31.9 Å². The normalized spacial score (nSPS) is 18.5. The maximum Gasteiger partial charge on any atom is 0.243 e. The van der Waals surface area contributed by atoms with Crippen LogP contribution >= 0.6 is 0 Å². The molecule has 2 aliphatic heterocycles. The Hall–Kier alpha value is -3.98. The van der Waals surface area contributed by atoms with Crippen molar-refractivity contribution in [3.05, 3.63) is 72.5 Å². The predicted octanol–water partition coefficient (Wildman–Crippen LogP) is 2.46. The molecule has 2 aliphatic rings. The highest BCUT2D eigenvalue weighted by molar-refractivity contribution is 6.04. The van der Waals surface area contributed by atoms with Gasteiger partial charge in [0.05, 0.1) is 13.0 Å². The number of hydrogen-bond acceptors (Lipinski definition) is 5. The molecule has 0 radical (unpaired) electrons. The van der Waals surface area contributed by atoms with Crippen LogP contribution in [-0.4, -0.2) is 79.4 Å². The summed E-state index contributed by atoms with van der Waals surface area (Å²) in [6.45, 7) is 3.71. The fraction of sp³-hybridized carbons (Fsp3) is 0.321. The topological polar surface area (TPSA) is 85.0 Å². The van der Waals surface area contributed by atoms with Crippen molar-refractivity contribution < 1.29 is 18.8 Å². The molecule has 9 heteroatoms.